The molecule has 0 bridgehead atoms. The summed E-state index contributed by atoms with van der Waals surface area (Å²) in [5, 5.41) is 9.62. The zero-order valence-electron chi connectivity index (χ0n) is 16.6. The Balaban J connectivity index is 1.24. The van der Waals surface area contributed by atoms with Crippen LogP contribution < -0.4 is 5.32 Å². The summed E-state index contributed by atoms with van der Waals surface area (Å²) in [6, 6.07) is 13.8. The number of hydrogen-bond acceptors (Lipinski definition) is 6. The first kappa shape index (κ1) is 19.2. The van der Waals surface area contributed by atoms with Gasteiger partial charge < -0.3 is 10.1 Å². The lowest BCUT2D eigenvalue weighted by molar-refractivity contribution is 0.0383. The Morgan fingerprint density at radius 1 is 1.13 bits per heavy atom. The van der Waals surface area contributed by atoms with Crippen molar-refractivity contribution in [2.45, 2.75) is 6.54 Å². The van der Waals surface area contributed by atoms with Crippen molar-refractivity contribution in [1.29, 1.82) is 0 Å². The van der Waals surface area contributed by atoms with Crippen LogP contribution in [0.4, 0.5) is 0 Å². The Bertz CT molecular complexity index is 1150. The first-order chi connectivity index (χ1) is 14.7. The predicted molar refractivity (Wildman–Crippen MR) is 118 cm³/mol. The average Bonchev–Trinajstić information content (AvgIpc) is 3.36. The maximum atomic E-state index is 12.5. The number of thiazole rings is 1. The minimum absolute atomic E-state index is 0.0518. The van der Waals surface area contributed by atoms with Gasteiger partial charge in [-0.15, -0.1) is 11.3 Å². The number of aromatic nitrogens is 3. The molecule has 0 aliphatic carbocycles. The quantitative estimate of drug-likeness (QED) is 0.518. The van der Waals surface area contributed by atoms with Gasteiger partial charge in [0, 0.05) is 43.3 Å². The predicted octanol–water partition coefficient (Wildman–Crippen LogP) is 2.76. The second-order valence-electron chi connectivity index (χ2n) is 7.39. The first-order valence-corrected chi connectivity index (χ1v) is 11.0. The van der Waals surface area contributed by atoms with Crippen molar-refractivity contribution in [1.82, 2.24) is 25.0 Å². The van der Waals surface area contributed by atoms with Crippen LogP contribution in [0, 0.1) is 0 Å². The minimum Gasteiger partial charge on any atom is -0.379 e. The molecule has 8 heteroatoms. The number of nitrogens with one attached hydrogen (secondary N) is 1. The summed E-state index contributed by atoms with van der Waals surface area (Å²) < 4.78 is 8.42. The molecule has 1 N–H and O–H groups in total. The van der Waals surface area contributed by atoms with Crippen LogP contribution >= 0.6 is 11.3 Å². The van der Waals surface area contributed by atoms with Crippen molar-refractivity contribution in [2.75, 3.05) is 39.4 Å². The molecular weight excluding hydrogens is 398 g/mol. The fraction of sp³-hybridized carbons (Fsp3) is 0.318. The monoisotopic (exact) mass is 421 g/mol. The van der Waals surface area contributed by atoms with Gasteiger partial charge in [0.05, 0.1) is 35.5 Å². The molecule has 0 atom stereocenters. The van der Waals surface area contributed by atoms with Crippen LogP contribution in [-0.2, 0) is 11.3 Å². The molecule has 154 valence electrons. The van der Waals surface area contributed by atoms with Gasteiger partial charge in [0.1, 0.15) is 5.01 Å². The second kappa shape index (κ2) is 8.51. The van der Waals surface area contributed by atoms with E-state index in [9.17, 15) is 4.79 Å². The number of morpholine rings is 1. The number of hydrogen-bond donors (Lipinski definition) is 1. The Morgan fingerprint density at radius 2 is 2.00 bits per heavy atom. The fourth-order valence-corrected chi connectivity index (χ4v) is 4.64. The highest BCUT2D eigenvalue weighted by Gasteiger charge is 2.12. The van der Waals surface area contributed by atoms with Crippen LogP contribution in [0.25, 0.3) is 21.1 Å². The molecule has 1 saturated heterocycles. The number of carbonyl (C=O) groups excluding carboxylic acids is 1. The molecule has 7 nitrogen and oxygen atoms in total. The van der Waals surface area contributed by atoms with E-state index in [1.165, 1.54) is 4.70 Å². The van der Waals surface area contributed by atoms with E-state index in [-0.39, 0.29) is 5.91 Å². The summed E-state index contributed by atoms with van der Waals surface area (Å²) in [5.74, 6) is -0.0518. The van der Waals surface area contributed by atoms with E-state index >= 15 is 0 Å². The van der Waals surface area contributed by atoms with Crippen LogP contribution in [0.2, 0.25) is 0 Å². The van der Waals surface area contributed by atoms with Crippen molar-refractivity contribution in [3.05, 3.63) is 59.2 Å². The lowest BCUT2D eigenvalue weighted by atomic mass is 10.1. The molecular formula is C22H23N5O2S. The van der Waals surface area contributed by atoms with Gasteiger partial charge in [0.15, 0.2) is 0 Å². The number of fused-ring (bicyclic) bond motifs is 2. The maximum absolute atomic E-state index is 12.5. The summed E-state index contributed by atoms with van der Waals surface area (Å²) >= 11 is 1.68. The first-order valence-electron chi connectivity index (χ1n) is 10.1. The number of carbonyl (C=O) groups is 1. The van der Waals surface area contributed by atoms with Gasteiger partial charge >= 0.3 is 0 Å². The van der Waals surface area contributed by atoms with Crippen molar-refractivity contribution < 1.29 is 9.53 Å². The molecule has 1 aliphatic heterocycles. The summed E-state index contributed by atoms with van der Waals surface area (Å²) in [5.41, 5.74) is 2.55. The van der Waals surface area contributed by atoms with Gasteiger partial charge in [-0.2, -0.15) is 5.10 Å². The van der Waals surface area contributed by atoms with E-state index in [2.05, 4.69) is 26.4 Å². The number of benzene rings is 2. The highest BCUT2D eigenvalue weighted by Crippen LogP contribution is 2.23. The molecule has 2 aromatic heterocycles. The zero-order chi connectivity index (χ0) is 20.3. The van der Waals surface area contributed by atoms with Crippen molar-refractivity contribution in [3.63, 3.8) is 0 Å². The highest BCUT2D eigenvalue weighted by atomic mass is 32.1. The van der Waals surface area contributed by atoms with Crippen LogP contribution in [0.15, 0.2) is 48.7 Å². The smallest absolute Gasteiger partial charge is 0.251 e. The number of para-hydroxylation sites is 1. The van der Waals surface area contributed by atoms with E-state index in [0.29, 0.717) is 18.7 Å². The summed E-state index contributed by atoms with van der Waals surface area (Å²) in [6.45, 7) is 5.49. The van der Waals surface area contributed by atoms with Crippen molar-refractivity contribution in [2.24, 2.45) is 0 Å². The molecule has 1 amide bonds. The standard InChI is InChI=1S/C22H23N5O2S/c28-22(23-7-8-26-9-11-29-12-10-26)16-5-6-18-17(13-16)14-27(25-18)15-21-24-19-3-1-2-4-20(19)30-21/h1-6,13-14H,7-12,15H2,(H,23,28). The summed E-state index contributed by atoms with van der Waals surface area (Å²) in [7, 11) is 0. The fourth-order valence-electron chi connectivity index (χ4n) is 3.68. The molecule has 1 aliphatic rings. The maximum Gasteiger partial charge on any atom is 0.251 e. The molecule has 0 spiro atoms. The van der Waals surface area contributed by atoms with Crippen LogP contribution in [-0.4, -0.2) is 65.0 Å². The molecule has 30 heavy (non-hydrogen) atoms. The SMILES string of the molecule is O=C(NCCN1CCOCC1)c1ccc2nn(Cc3nc4ccccc4s3)cc2c1. The summed E-state index contributed by atoms with van der Waals surface area (Å²) in [4.78, 5) is 19.5. The van der Waals surface area contributed by atoms with Gasteiger partial charge in [-0.05, 0) is 30.3 Å². The molecule has 2 aromatic carbocycles. The number of nitrogens with zero attached hydrogens (tertiary/aromatic N) is 4. The van der Waals surface area contributed by atoms with Gasteiger partial charge in [-0.25, -0.2) is 4.98 Å². The van der Waals surface area contributed by atoms with Gasteiger partial charge in [0.2, 0.25) is 0 Å². The lowest BCUT2D eigenvalue weighted by Crippen LogP contribution is -2.41. The average molecular weight is 422 g/mol. The van der Waals surface area contributed by atoms with E-state index in [4.69, 9.17) is 4.74 Å². The van der Waals surface area contributed by atoms with E-state index < -0.39 is 0 Å². The highest BCUT2D eigenvalue weighted by molar-refractivity contribution is 7.18. The number of ether oxygens (including phenoxy) is 1. The third kappa shape index (κ3) is 4.21. The Morgan fingerprint density at radius 3 is 2.87 bits per heavy atom. The molecule has 0 radical (unpaired) electrons. The molecule has 0 unspecified atom stereocenters. The third-order valence-corrected chi connectivity index (χ3v) is 6.29. The Kier molecular flexibility index (Phi) is 5.44. The minimum atomic E-state index is -0.0518. The van der Waals surface area contributed by atoms with Crippen LogP contribution in [0.1, 0.15) is 15.4 Å². The number of rotatable bonds is 6. The largest absolute Gasteiger partial charge is 0.379 e. The molecule has 3 heterocycles. The Hall–Kier alpha value is -2.81. The second-order valence-corrected chi connectivity index (χ2v) is 8.50. The van der Waals surface area contributed by atoms with E-state index in [0.717, 1.165) is 54.3 Å². The van der Waals surface area contributed by atoms with Crippen molar-refractivity contribution in [3.8, 4) is 0 Å². The van der Waals surface area contributed by atoms with Crippen LogP contribution in [0.3, 0.4) is 0 Å². The van der Waals surface area contributed by atoms with E-state index in [1.807, 2.05) is 47.3 Å². The topological polar surface area (TPSA) is 72.3 Å². The zero-order valence-corrected chi connectivity index (χ0v) is 17.4. The van der Waals surface area contributed by atoms with E-state index in [1.54, 1.807) is 11.3 Å². The lowest BCUT2D eigenvalue weighted by Gasteiger charge is -2.26. The molecule has 1 fully saturated rings. The van der Waals surface area contributed by atoms with Gasteiger partial charge in [0.25, 0.3) is 5.91 Å². The Labute approximate surface area is 178 Å². The third-order valence-electron chi connectivity index (χ3n) is 5.27. The van der Waals surface area contributed by atoms with Gasteiger partial charge in [-0.3, -0.25) is 14.4 Å². The van der Waals surface area contributed by atoms with Crippen molar-refractivity contribution >= 4 is 38.4 Å². The molecule has 0 saturated carbocycles. The summed E-state index contributed by atoms with van der Waals surface area (Å²) in [6.07, 6.45) is 1.98. The number of amides is 1. The molecule has 5 rings (SSSR count). The van der Waals surface area contributed by atoms with Crippen LogP contribution in [0.5, 0.6) is 0 Å². The van der Waals surface area contributed by atoms with Gasteiger partial charge in [-0.1, -0.05) is 12.1 Å². The normalized spacial score (nSPS) is 15.1. The molecule has 4 aromatic rings.